The SMILES string of the molecule is CCCCCCC1(C2CCCc3ccccc32)CCCC1. The Balaban J connectivity index is 1.78. The van der Waals surface area contributed by atoms with Crippen molar-refractivity contribution >= 4 is 0 Å². The van der Waals surface area contributed by atoms with E-state index in [0.29, 0.717) is 5.41 Å². The van der Waals surface area contributed by atoms with Gasteiger partial charge in [0.1, 0.15) is 0 Å². The van der Waals surface area contributed by atoms with E-state index in [1.807, 2.05) is 0 Å². The molecule has 0 aliphatic heterocycles. The Kier molecular flexibility index (Phi) is 5.03. The van der Waals surface area contributed by atoms with Gasteiger partial charge >= 0.3 is 0 Å². The van der Waals surface area contributed by atoms with Gasteiger partial charge in [-0.1, -0.05) is 69.7 Å². The van der Waals surface area contributed by atoms with Crippen LogP contribution in [0.4, 0.5) is 0 Å². The number of benzene rings is 1. The third-order valence-electron chi connectivity index (χ3n) is 6.24. The predicted molar refractivity (Wildman–Crippen MR) is 91.8 cm³/mol. The minimum absolute atomic E-state index is 0.657. The van der Waals surface area contributed by atoms with Crippen LogP contribution in [0.1, 0.15) is 94.6 Å². The molecule has 0 aromatic heterocycles. The summed E-state index contributed by atoms with van der Waals surface area (Å²) >= 11 is 0. The van der Waals surface area contributed by atoms with Crippen LogP contribution in [0, 0.1) is 5.41 Å². The number of hydrogen-bond acceptors (Lipinski definition) is 0. The lowest BCUT2D eigenvalue weighted by Gasteiger charge is -2.41. The summed E-state index contributed by atoms with van der Waals surface area (Å²) in [4.78, 5) is 0. The Bertz CT molecular complexity index is 439. The lowest BCUT2D eigenvalue weighted by Crippen LogP contribution is -2.29. The monoisotopic (exact) mass is 284 g/mol. The zero-order chi connectivity index (χ0) is 14.5. The summed E-state index contributed by atoms with van der Waals surface area (Å²) in [7, 11) is 0. The predicted octanol–water partition coefficient (Wildman–Crippen LogP) is 6.64. The van der Waals surface area contributed by atoms with Gasteiger partial charge < -0.3 is 0 Å². The average molecular weight is 284 g/mol. The Morgan fingerprint density at radius 1 is 1.00 bits per heavy atom. The normalized spacial score (nSPS) is 24.0. The molecule has 0 nitrogen and oxygen atoms in total. The van der Waals surface area contributed by atoms with Crippen molar-refractivity contribution in [3.05, 3.63) is 35.4 Å². The topological polar surface area (TPSA) is 0 Å². The van der Waals surface area contributed by atoms with E-state index in [4.69, 9.17) is 0 Å². The molecule has 0 N–H and O–H groups in total. The first-order valence-electron chi connectivity index (χ1n) is 9.43. The molecule has 0 amide bonds. The molecule has 0 spiro atoms. The van der Waals surface area contributed by atoms with Crippen molar-refractivity contribution in [2.45, 2.75) is 89.9 Å². The molecule has 3 rings (SSSR count). The van der Waals surface area contributed by atoms with Crippen LogP contribution in [0.2, 0.25) is 0 Å². The van der Waals surface area contributed by atoms with Crippen LogP contribution < -0.4 is 0 Å². The summed E-state index contributed by atoms with van der Waals surface area (Å²) in [5.74, 6) is 0.867. The van der Waals surface area contributed by atoms with Crippen LogP contribution in [-0.4, -0.2) is 0 Å². The molecular weight excluding hydrogens is 252 g/mol. The van der Waals surface area contributed by atoms with Gasteiger partial charge in [0.05, 0.1) is 0 Å². The van der Waals surface area contributed by atoms with Crippen LogP contribution in [0.3, 0.4) is 0 Å². The highest BCUT2D eigenvalue weighted by Crippen LogP contribution is 2.55. The van der Waals surface area contributed by atoms with Gasteiger partial charge in [0, 0.05) is 0 Å². The summed E-state index contributed by atoms with van der Waals surface area (Å²) in [6.45, 7) is 2.32. The third kappa shape index (κ3) is 3.20. The molecule has 2 aliphatic carbocycles. The van der Waals surface area contributed by atoms with Crippen molar-refractivity contribution in [1.29, 1.82) is 0 Å². The maximum atomic E-state index is 2.45. The maximum absolute atomic E-state index is 2.45. The fourth-order valence-corrected chi connectivity index (χ4v) is 5.15. The van der Waals surface area contributed by atoms with E-state index < -0.39 is 0 Å². The molecule has 0 heteroatoms. The second kappa shape index (κ2) is 6.99. The Hall–Kier alpha value is -0.780. The molecule has 2 aliphatic rings. The number of aryl methyl sites for hydroxylation is 1. The lowest BCUT2D eigenvalue weighted by molar-refractivity contribution is 0.184. The minimum atomic E-state index is 0.657. The molecule has 0 bridgehead atoms. The standard InChI is InChI=1S/C21H32/c1-2-3-4-7-15-21(16-8-9-17-21)20-14-10-12-18-11-5-6-13-19(18)20/h5-6,11,13,20H,2-4,7-10,12,14-17H2,1H3. The summed E-state index contributed by atoms with van der Waals surface area (Å²) in [5, 5.41) is 0. The van der Waals surface area contributed by atoms with Crippen LogP contribution in [0.15, 0.2) is 24.3 Å². The van der Waals surface area contributed by atoms with Crippen molar-refractivity contribution in [3.63, 3.8) is 0 Å². The highest BCUT2D eigenvalue weighted by atomic mass is 14.5. The Labute approximate surface area is 131 Å². The second-order valence-electron chi connectivity index (χ2n) is 7.52. The van der Waals surface area contributed by atoms with Crippen molar-refractivity contribution in [1.82, 2.24) is 0 Å². The summed E-state index contributed by atoms with van der Waals surface area (Å²) < 4.78 is 0. The number of unbranched alkanes of at least 4 members (excludes halogenated alkanes) is 3. The van der Waals surface area contributed by atoms with Crippen LogP contribution in [0.25, 0.3) is 0 Å². The van der Waals surface area contributed by atoms with E-state index in [-0.39, 0.29) is 0 Å². The first-order valence-corrected chi connectivity index (χ1v) is 9.43. The maximum Gasteiger partial charge on any atom is -0.0102 e. The number of fused-ring (bicyclic) bond motifs is 1. The molecule has 21 heavy (non-hydrogen) atoms. The summed E-state index contributed by atoms with van der Waals surface area (Å²) in [6, 6.07) is 9.35. The van der Waals surface area contributed by atoms with E-state index in [9.17, 15) is 0 Å². The highest BCUT2D eigenvalue weighted by Gasteiger charge is 2.42. The minimum Gasteiger partial charge on any atom is -0.0654 e. The zero-order valence-corrected chi connectivity index (χ0v) is 13.9. The van der Waals surface area contributed by atoms with Crippen molar-refractivity contribution in [2.75, 3.05) is 0 Å². The highest BCUT2D eigenvalue weighted by molar-refractivity contribution is 5.34. The fraction of sp³-hybridized carbons (Fsp3) is 0.714. The van der Waals surface area contributed by atoms with Gasteiger partial charge in [-0.05, 0) is 61.0 Å². The van der Waals surface area contributed by atoms with Gasteiger partial charge in [-0.3, -0.25) is 0 Å². The van der Waals surface area contributed by atoms with Gasteiger partial charge in [-0.15, -0.1) is 0 Å². The fourth-order valence-electron chi connectivity index (χ4n) is 5.15. The van der Waals surface area contributed by atoms with Gasteiger partial charge in [-0.2, -0.15) is 0 Å². The largest absolute Gasteiger partial charge is 0.0654 e. The average Bonchev–Trinajstić information content (AvgIpc) is 3.01. The summed E-state index contributed by atoms with van der Waals surface area (Å²) in [6.07, 6.45) is 17.3. The summed E-state index contributed by atoms with van der Waals surface area (Å²) in [5.41, 5.74) is 4.04. The lowest BCUT2D eigenvalue weighted by atomic mass is 9.63. The van der Waals surface area contributed by atoms with Gasteiger partial charge in [0.2, 0.25) is 0 Å². The third-order valence-corrected chi connectivity index (χ3v) is 6.24. The van der Waals surface area contributed by atoms with E-state index in [0.717, 1.165) is 5.92 Å². The molecule has 0 radical (unpaired) electrons. The molecule has 0 saturated heterocycles. The van der Waals surface area contributed by atoms with Gasteiger partial charge in [0.15, 0.2) is 0 Å². The molecular formula is C21H32. The molecule has 1 aromatic rings. The molecule has 116 valence electrons. The zero-order valence-electron chi connectivity index (χ0n) is 13.9. The van der Waals surface area contributed by atoms with Crippen molar-refractivity contribution in [3.8, 4) is 0 Å². The van der Waals surface area contributed by atoms with Crippen LogP contribution in [-0.2, 0) is 6.42 Å². The van der Waals surface area contributed by atoms with E-state index in [1.165, 1.54) is 77.0 Å². The van der Waals surface area contributed by atoms with Crippen molar-refractivity contribution in [2.24, 2.45) is 5.41 Å². The quantitative estimate of drug-likeness (QED) is 0.514. The second-order valence-corrected chi connectivity index (χ2v) is 7.52. The van der Waals surface area contributed by atoms with E-state index in [1.54, 1.807) is 11.1 Å². The Morgan fingerprint density at radius 3 is 2.62 bits per heavy atom. The van der Waals surface area contributed by atoms with Crippen LogP contribution in [0.5, 0.6) is 0 Å². The molecule has 1 atom stereocenters. The molecule has 1 fully saturated rings. The first kappa shape index (κ1) is 15.1. The Morgan fingerprint density at radius 2 is 1.81 bits per heavy atom. The molecule has 1 aromatic carbocycles. The van der Waals surface area contributed by atoms with Gasteiger partial charge in [0.25, 0.3) is 0 Å². The van der Waals surface area contributed by atoms with E-state index in [2.05, 4.69) is 31.2 Å². The van der Waals surface area contributed by atoms with Gasteiger partial charge in [-0.25, -0.2) is 0 Å². The van der Waals surface area contributed by atoms with Crippen molar-refractivity contribution < 1.29 is 0 Å². The molecule has 0 heterocycles. The number of rotatable bonds is 6. The first-order chi connectivity index (χ1) is 10.4. The number of hydrogen-bond donors (Lipinski definition) is 0. The van der Waals surface area contributed by atoms with E-state index >= 15 is 0 Å². The molecule has 1 saturated carbocycles. The molecule has 1 unspecified atom stereocenters. The van der Waals surface area contributed by atoms with Crippen LogP contribution >= 0.6 is 0 Å². The smallest absolute Gasteiger partial charge is 0.0102 e.